The second kappa shape index (κ2) is 10.6. The van der Waals surface area contributed by atoms with Crippen LogP contribution in [0.5, 0.6) is 5.75 Å². The normalized spacial score (nSPS) is 11.3. The molecule has 1 amide bonds. The van der Waals surface area contributed by atoms with Gasteiger partial charge >= 0.3 is 0 Å². The highest BCUT2D eigenvalue weighted by Gasteiger charge is 2.20. The van der Waals surface area contributed by atoms with Gasteiger partial charge in [-0.1, -0.05) is 48.0 Å². The van der Waals surface area contributed by atoms with Crippen molar-refractivity contribution in [1.82, 2.24) is 5.43 Å². The number of hydrazone groups is 1. The topological polar surface area (TPSA) is 88.1 Å². The molecule has 1 N–H and O–H groups in total. The van der Waals surface area contributed by atoms with Crippen molar-refractivity contribution in [3.8, 4) is 5.75 Å². The van der Waals surface area contributed by atoms with Gasteiger partial charge in [0.05, 0.1) is 18.2 Å². The van der Waals surface area contributed by atoms with Gasteiger partial charge in [-0.2, -0.15) is 5.10 Å². The molecule has 7 nitrogen and oxygen atoms in total. The van der Waals surface area contributed by atoms with E-state index in [1.165, 1.54) is 11.8 Å². The lowest BCUT2D eigenvalue weighted by atomic mass is 10.2. The fraction of sp³-hybridized carbons (Fsp3) is 0.167. The number of amides is 1. The van der Waals surface area contributed by atoms with E-state index in [0.717, 1.165) is 27.4 Å². The number of benzene rings is 3. The summed E-state index contributed by atoms with van der Waals surface area (Å²) in [5.41, 5.74) is 5.82. The number of hydrogen-bond acceptors (Lipinski definition) is 5. The van der Waals surface area contributed by atoms with E-state index in [4.69, 9.17) is 4.74 Å². The van der Waals surface area contributed by atoms with Crippen LogP contribution >= 0.6 is 0 Å². The Morgan fingerprint density at radius 2 is 1.66 bits per heavy atom. The fourth-order valence-corrected chi connectivity index (χ4v) is 3.70. The molecule has 3 aromatic rings. The van der Waals surface area contributed by atoms with E-state index in [0.29, 0.717) is 12.3 Å². The number of hydrogen-bond donors (Lipinski definition) is 1. The van der Waals surface area contributed by atoms with Gasteiger partial charge < -0.3 is 4.74 Å². The maximum atomic E-state index is 12.2. The molecular formula is C24H25N3O4S. The third kappa shape index (κ3) is 6.95. The fourth-order valence-electron chi connectivity index (χ4n) is 2.84. The molecule has 3 aromatic carbocycles. The number of nitrogens with one attached hydrogen (secondary N) is 1. The SMILES string of the molecule is Cc1ccc(COc2ccc(/C=N\NC(=O)CN(c3ccccc3)S(C)(=O)=O)cc2)cc1. The van der Waals surface area contributed by atoms with Crippen LogP contribution in [-0.2, 0) is 21.4 Å². The minimum Gasteiger partial charge on any atom is -0.489 e. The van der Waals surface area contributed by atoms with Crippen molar-refractivity contribution >= 4 is 27.8 Å². The van der Waals surface area contributed by atoms with Crippen LogP contribution in [-0.4, -0.2) is 33.3 Å². The molecule has 0 saturated carbocycles. The lowest BCUT2D eigenvalue weighted by Gasteiger charge is -2.21. The largest absolute Gasteiger partial charge is 0.489 e. The van der Waals surface area contributed by atoms with E-state index < -0.39 is 15.9 Å². The summed E-state index contributed by atoms with van der Waals surface area (Å²) < 4.78 is 30.9. The van der Waals surface area contributed by atoms with Crippen molar-refractivity contribution in [2.45, 2.75) is 13.5 Å². The first kappa shape index (κ1) is 23.0. The van der Waals surface area contributed by atoms with Crippen LogP contribution in [0.15, 0.2) is 84.0 Å². The Kier molecular flexibility index (Phi) is 7.62. The Labute approximate surface area is 188 Å². The standard InChI is InChI=1S/C24H25N3O4S/c1-19-8-10-21(11-9-19)18-31-23-14-12-20(13-15-23)16-25-26-24(28)17-27(32(2,29)30)22-6-4-3-5-7-22/h3-16H,17-18H2,1-2H3,(H,26,28)/b25-16-. The minimum absolute atomic E-state index is 0.369. The molecule has 8 heteroatoms. The number of aryl methyl sites for hydroxylation is 1. The lowest BCUT2D eigenvalue weighted by Crippen LogP contribution is -2.38. The van der Waals surface area contributed by atoms with Crippen LogP contribution in [0.3, 0.4) is 0 Å². The second-order valence-electron chi connectivity index (χ2n) is 7.24. The van der Waals surface area contributed by atoms with E-state index in [1.54, 1.807) is 30.3 Å². The highest BCUT2D eigenvalue weighted by molar-refractivity contribution is 7.92. The van der Waals surface area contributed by atoms with Crippen molar-refractivity contribution in [2.75, 3.05) is 17.1 Å². The van der Waals surface area contributed by atoms with Gasteiger partial charge in [-0.25, -0.2) is 13.8 Å². The third-order valence-corrected chi connectivity index (χ3v) is 5.68. The summed E-state index contributed by atoms with van der Waals surface area (Å²) in [6.45, 7) is 2.15. The first-order chi connectivity index (χ1) is 15.3. The van der Waals surface area contributed by atoms with Gasteiger partial charge in [0.1, 0.15) is 18.9 Å². The Balaban J connectivity index is 1.52. The second-order valence-corrected chi connectivity index (χ2v) is 9.15. The molecular weight excluding hydrogens is 426 g/mol. The molecule has 0 radical (unpaired) electrons. The van der Waals surface area contributed by atoms with Crippen molar-refractivity contribution in [3.63, 3.8) is 0 Å². The molecule has 0 saturated heterocycles. The van der Waals surface area contributed by atoms with E-state index in [2.05, 4.69) is 10.5 Å². The average molecular weight is 452 g/mol. The molecule has 0 fully saturated rings. The van der Waals surface area contributed by atoms with Crippen molar-refractivity contribution in [2.24, 2.45) is 5.10 Å². The monoisotopic (exact) mass is 451 g/mol. The molecule has 0 bridgehead atoms. The van der Waals surface area contributed by atoms with Crippen molar-refractivity contribution < 1.29 is 17.9 Å². The molecule has 0 spiro atoms. The molecule has 166 valence electrons. The van der Waals surface area contributed by atoms with Gasteiger partial charge in [0.15, 0.2) is 0 Å². The van der Waals surface area contributed by atoms with Gasteiger partial charge in [0.2, 0.25) is 10.0 Å². The number of rotatable bonds is 9. The number of anilines is 1. The van der Waals surface area contributed by atoms with Gasteiger partial charge in [-0.05, 0) is 54.4 Å². The maximum Gasteiger partial charge on any atom is 0.260 e. The first-order valence-corrected chi connectivity index (χ1v) is 11.8. The van der Waals surface area contributed by atoms with E-state index >= 15 is 0 Å². The summed E-state index contributed by atoms with van der Waals surface area (Å²) in [5.74, 6) is 0.173. The number of para-hydroxylation sites is 1. The molecule has 0 aromatic heterocycles. The molecule has 3 rings (SSSR count). The molecule has 32 heavy (non-hydrogen) atoms. The van der Waals surface area contributed by atoms with Gasteiger partial charge in [-0.15, -0.1) is 0 Å². The summed E-state index contributed by atoms with van der Waals surface area (Å²) >= 11 is 0. The average Bonchev–Trinajstić information content (AvgIpc) is 2.78. The number of ether oxygens (including phenoxy) is 1. The molecule has 0 atom stereocenters. The predicted molar refractivity (Wildman–Crippen MR) is 126 cm³/mol. The summed E-state index contributed by atoms with van der Waals surface area (Å²) in [6, 6.07) is 23.8. The van der Waals surface area contributed by atoms with Gasteiger partial charge in [-0.3, -0.25) is 9.10 Å². The maximum absolute atomic E-state index is 12.2. The Morgan fingerprint density at radius 1 is 1.00 bits per heavy atom. The molecule has 0 unspecified atom stereocenters. The summed E-state index contributed by atoms with van der Waals surface area (Å²) in [4.78, 5) is 12.2. The lowest BCUT2D eigenvalue weighted by molar-refractivity contribution is -0.119. The van der Waals surface area contributed by atoms with Crippen LogP contribution in [0.25, 0.3) is 0 Å². The zero-order valence-electron chi connectivity index (χ0n) is 17.9. The molecule has 0 aliphatic rings. The number of sulfonamides is 1. The van der Waals surface area contributed by atoms with Crippen LogP contribution in [0, 0.1) is 6.92 Å². The van der Waals surface area contributed by atoms with E-state index in [1.807, 2.05) is 55.5 Å². The van der Waals surface area contributed by atoms with Gasteiger partial charge in [0.25, 0.3) is 5.91 Å². The first-order valence-electron chi connectivity index (χ1n) is 9.94. The summed E-state index contributed by atoms with van der Waals surface area (Å²) in [6.07, 6.45) is 2.54. The number of carbonyl (C=O) groups excluding carboxylic acids is 1. The smallest absolute Gasteiger partial charge is 0.260 e. The highest BCUT2D eigenvalue weighted by Crippen LogP contribution is 2.16. The Bertz CT molecular complexity index is 1160. The molecule has 0 aliphatic heterocycles. The van der Waals surface area contributed by atoms with Crippen LogP contribution in [0.2, 0.25) is 0 Å². The molecule has 0 heterocycles. The number of carbonyl (C=O) groups is 1. The van der Waals surface area contributed by atoms with Gasteiger partial charge in [0, 0.05) is 0 Å². The summed E-state index contributed by atoms with van der Waals surface area (Å²) in [5, 5.41) is 3.91. The predicted octanol–water partition coefficient (Wildman–Crippen LogP) is 3.49. The van der Waals surface area contributed by atoms with Crippen molar-refractivity contribution in [3.05, 3.63) is 95.6 Å². The zero-order valence-corrected chi connectivity index (χ0v) is 18.7. The Hall–Kier alpha value is -3.65. The zero-order chi connectivity index (χ0) is 23.0. The van der Waals surface area contributed by atoms with Crippen LogP contribution < -0.4 is 14.5 Å². The van der Waals surface area contributed by atoms with Crippen LogP contribution in [0.1, 0.15) is 16.7 Å². The number of nitrogens with zero attached hydrogens (tertiary/aromatic N) is 2. The van der Waals surface area contributed by atoms with Crippen LogP contribution in [0.4, 0.5) is 5.69 Å². The van der Waals surface area contributed by atoms with Crippen molar-refractivity contribution in [1.29, 1.82) is 0 Å². The highest BCUT2D eigenvalue weighted by atomic mass is 32.2. The minimum atomic E-state index is -3.62. The molecule has 0 aliphatic carbocycles. The van der Waals surface area contributed by atoms with E-state index in [9.17, 15) is 13.2 Å². The Morgan fingerprint density at radius 3 is 2.28 bits per heavy atom. The quantitative estimate of drug-likeness (QED) is 0.398. The van der Waals surface area contributed by atoms with E-state index in [-0.39, 0.29) is 6.54 Å². The summed E-state index contributed by atoms with van der Waals surface area (Å²) in [7, 11) is -3.62. The third-order valence-electron chi connectivity index (χ3n) is 4.54.